The zero-order valence-corrected chi connectivity index (χ0v) is 8.54. The normalized spacial score (nSPS) is 9.46. The van der Waals surface area contributed by atoms with Crippen LogP contribution in [-0.2, 0) is 4.74 Å². The minimum atomic E-state index is -0.324. The lowest BCUT2D eigenvalue weighted by Crippen LogP contribution is -2.34. The molecule has 0 saturated carbocycles. The highest BCUT2D eigenvalue weighted by molar-refractivity contribution is 5.68. The molecular formula is C10H17NO2. The topological polar surface area (TPSA) is 29.5 Å². The highest BCUT2D eigenvalue weighted by Gasteiger charge is 2.13. The molecule has 3 heteroatoms. The number of amides is 1. The second-order valence-corrected chi connectivity index (χ2v) is 3.06. The van der Waals surface area contributed by atoms with Crippen molar-refractivity contribution in [1.82, 2.24) is 4.90 Å². The smallest absolute Gasteiger partial charge is 0.410 e. The van der Waals surface area contributed by atoms with Crippen LogP contribution in [0.3, 0.4) is 0 Å². The van der Waals surface area contributed by atoms with E-state index in [9.17, 15) is 4.79 Å². The van der Waals surface area contributed by atoms with Gasteiger partial charge in [-0.3, -0.25) is 4.90 Å². The highest BCUT2D eigenvalue weighted by Crippen LogP contribution is 1.98. The first-order valence-electron chi connectivity index (χ1n) is 4.50. The second kappa shape index (κ2) is 6.36. The van der Waals surface area contributed by atoms with E-state index in [0.717, 1.165) is 6.42 Å². The summed E-state index contributed by atoms with van der Waals surface area (Å²) in [6.45, 7) is 6.59. The molecule has 0 atom stereocenters. The van der Waals surface area contributed by atoms with Crippen molar-refractivity contribution in [1.29, 1.82) is 0 Å². The summed E-state index contributed by atoms with van der Waals surface area (Å²) >= 11 is 0. The Morgan fingerprint density at radius 2 is 2.23 bits per heavy atom. The summed E-state index contributed by atoms with van der Waals surface area (Å²) in [5.74, 6) is 2.43. The van der Waals surface area contributed by atoms with E-state index in [4.69, 9.17) is 11.2 Å². The summed E-state index contributed by atoms with van der Waals surface area (Å²) in [6, 6.07) is 0. The minimum absolute atomic E-state index is 0.0929. The summed E-state index contributed by atoms with van der Waals surface area (Å²) in [5.41, 5.74) is 0. The zero-order chi connectivity index (χ0) is 10.3. The van der Waals surface area contributed by atoms with Crippen molar-refractivity contribution >= 4 is 6.09 Å². The van der Waals surface area contributed by atoms with Gasteiger partial charge in [-0.1, -0.05) is 12.8 Å². The molecule has 1 amide bonds. The van der Waals surface area contributed by atoms with Gasteiger partial charge in [-0.15, -0.1) is 6.42 Å². The van der Waals surface area contributed by atoms with Crippen molar-refractivity contribution in [2.45, 2.75) is 33.3 Å². The molecule has 0 rings (SSSR count). The monoisotopic (exact) mass is 183 g/mol. The first-order chi connectivity index (χ1) is 6.11. The van der Waals surface area contributed by atoms with Crippen LogP contribution >= 0.6 is 0 Å². The number of ether oxygens (including phenoxy) is 1. The van der Waals surface area contributed by atoms with Crippen molar-refractivity contribution in [3.63, 3.8) is 0 Å². The van der Waals surface area contributed by atoms with Crippen LogP contribution in [0.2, 0.25) is 0 Å². The molecule has 0 aromatic carbocycles. The molecule has 0 spiro atoms. The van der Waals surface area contributed by atoms with E-state index in [-0.39, 0.29) is 12.2 Å². The van der Waals surface area contributed by atoms with Gasteiger partial charge in [0.15, 0.2) is 0 Å². The number of rotatable bonds is 4. The third kappa shape index (κ3) is 5.13. The number of terminal acetylenes is 1. The lowest BCUT2D eigenvalue weighted by atomic mass is 10.4. The van der Waals surface area contributed by atoms with Crippen LogP contribution < -0.4 is 0 Å². The van der Waals surface area contributed by atoms with Gasteiger partial charge in [-0.05, 0) is 20.3 Å². The Morgan fingerprint density at radius 3 is 2.62 bits per heavy atom. The zero-order valence-electron chi connectivity index (χ0n) is 8.54. The van der Waals surface area contributed by atoms with Crippen LogP contribution in [0.5, 0.6) is 0 Å². The number of carbonyl (C=O) groups is 1. The molecule has 0 bridgehead atoms. The van der Waals surface area contributed by atoms with Gasteiger partial charge in [0.1, 0.15) is 0 Å². The maximum absolute atomic E-state index is 11.3. The van der Waals surface area contributed by atoms with E-state index < -0.39 is 0 Å². The van der Waals surface area contributed by atoms with E-state index >= 15 is 0 Å². The molecule has 0 aliphatic carbocycles. The third-order valence-corrected chi connectivity index (χ3v) is 1.37. The van der Waals surface area contributed by atoms with Gasteiger partial charge in [-0.2, -0.15) is 0 Å². The Morgan fingerprint density at radius 1 is 1.62 bits per heavy atom. The summed E-state index contributed by atoms with van der Waals surface area (Å²) in [4.78, 5) is 12.9. The molecule has 0 fully saturated rings. The largest absolute Gasteiger partial charge is 0.447 e. The maximum atomic E-state index is 11.3. The number of nitrogens with zero attached hydrogens (tertiary/aromatic N) is 1. The quantitative estimate of drug-likeness (QED) is 0.623. The Kier molecular flexibility index (Phi) is 5.79. The molecule has 0 aliphatic heterocycles. The second-order valence-electron chi connectivity index (χ2n) is 3.06. The van der Waals surface area contributed by atoms with Crippen LogP contribution in [0.25, 0.3) is 0 Å². The highest BCUT2D eigenvalue weighted by atomic mass is 16.6. The summed E-state index contributed by atoms with van der Waals surface area (Å²) < 4.78 is 5.01. The van der Waals surface area contributed by atoms with Gasteiger partial charge >= 0.3 is 6.09 Å². The first kappa shape index (κ1) is 11.8. The van der Waals surface area contributed by atoms with E-state index in [1.165, 1.54) is 4.90 Å². The Hall–Kier alpha value is -1.17. The van der Waals surface area contributed by atoms with Gasteiger partial charge in [0, 0.05) is 6.54 Å². The molecule has 0 aliphatic rings. The van der Waals surface area contributed by atoms with Crippen LogP contribution in [0.4, 0.5) is 4.79 Å². The fourth-order valence-corrected chi connectivity index (χ4v) is 0.891. The molecule has 0 radical (unpaired) electrons. The molecule has 13 heavy (non-hydrogen) atoms. The van der Waals surface area contributed by atoms with Gasteiger partial charge in [-0.25, -0.2) is 4.79 Å². The maximum Gasteiger partial charge on any atom is 0.410 e. The average Bonchev–Trinajstić information content (AvgIpc) is 2.02. The Balaban J connectivity index is 4.04. The summed E-state index contributed by atoms with van der Waals surface area (Å²) in [5, 5.41) is 0. The van der Waals surface area contributed by atoms with Gasteiger partial charge < -0.3 is 4.74 Å². The van der Waals surface area contributed by atoms with Crippen molar-refractivity contribution < 1.29 is 9.53 Å². The molecule has 0 heterocycles. The predicted molar refractivity (Wildman–Crippen MR) is 52.3 cm³/mol. The lowest BCUT2D eigenvalue weighted by molar-refractivity contribution is 0.0807. The van der Waals surface area contributed by atoms with Gasteiger partial charge in [0.25, 0.3) is 0 Å². The molecule has 0 unspecified atom stereocenters. The van der Waals surface area contributed by atoms with Crippen molar-refractivity contribution in [2.24, 2.45) is 0 Å². The molecule has 0 aromatic rings. The Labute approximate surface area is 80.1 Å². The van der Waals surface area contributed by atoms with Crippen molar-refractivity contribution in [3.8, 4) is 12.3 Å². The summed E-state index contributed by atoms with van der Waals surface area (Å²) in [6.07, 6.45) is 5.60. The Bertz CT molecular complexity index is 194. The minimum Gasteiger partial charge on any atom is -0.447 e. The SMILES string of the molecule is C#CCN(CCC)C(=O)OC(C)C. The fourth-order valence-electron chi connectivity index (χ4n) is 0.891. The van der Waals surface area contributed by atoms with E-state index in [0.29, 0.717) is 13.1 Å². The van der Waals surface area contributed by atoms with E-state index in [1.54, 1.807) is 0 Å². The molecule has 0 N–H and O–H groups in total. The number of hydrogen-bond acceptors (Lipinski definition) is 2. The van der Waals surface area contributed by atoms with E-state index in [2.05, 4.69) is 5.92 Å². The van der Waals surface area contributed by atoms with Gasteiger partial charge in [0.2, 0.25) is 0 Å². The van der Waals surface area contributed by atoms with Crippen molar-refractivity contribution in [2.75, 3.05) is 13.1 Å². The molecular weight excluding hydrogens is 166 g/mol. The summed E-state index contributed by atoms with van der Waals surface area (Å²) in [7, 11) is 0. The number of hydrogen-bond donors (Lipinski definition) is 0. The first-order valence-corrected chi connectivity index (χ1v) is 4.50. The molecule has 3 nitrogen and oxygen atoms in total. The number of carbonyl (C=O) groups excluding carboxylic acids is 1. The average molecular weight is 183 g/mol. The molecule has 0 aromatic heterocycles. The standard InChI is InChI=1S/C10H17NO2/c1-5-7-11(8-6-2)10(12)13-9(3)4/h1,9H,6-8H2,2-4H3. The molecule has 0 saturated heterocycles. The third-order valence-electron chi connectivity index (χ3n) is 1.37. The van der Waals surface area contributed by atoms with Crippen LogP contribution in [0, 0.1) is 12.3 Å². The fraction of sp³-hybridized carbons (Fsp3) is 0.700. The van der Waals surface area contributed by atoms with Crippen molar-refractivity contribution in [3.05, 3.63) is 0 Å². The van der Waals surface area contributed by atoms with E-state index in [1.807, 2.05) is 20.8 Å². The molecule has 74 valence electrons. The van der Waals surface area contributed by atoms with Crippen LogP contribution in [0.1, 0.15) is 27.2 Å². The van der Waals surface area contributed by atoms with Gasteiger partial charge in [0.05, 0.1) is 12.6 Å². The van der Waals surface area contributed by atoms with Crippen LogP contribution in [-0.4, -0.2) is 30.2 Å². The van der Waals surface area contributed by atoms with Crippen LogP contribution in [0.15, 0.2) is 0 Å². The lowest BCUT2D eigenvalue weighted by Gasteiger charge is -2.20. The predicted octanol–water partition coefficient (Wildman–Crippen LogP) is 1.88.